The molecule has 0 aliphatic heterocycles. The second-order valence-corrected chi connectivity index (χ2v) is 5.45. The van der Waals surface area contributed by atoms with E-state index >= 15 is 0 Å². The second kappa shape index (κ2) is 6.98. The Morgan fingerprint density at radius 2 is 2.06 bits per heavy atom. The molecule has 0 bridgehead atoms. The van der Waals surface area contributed by atoms with Gasteiger partial charge in [0, 0.05) is 5.02 Å². The first-order valence-electron chi connectivity index (χ1n) is 5.80. The molecule has 2 N–H and O–H groups in total. The van der Waals surface area contributed by atoms with E-state index < -0.39 is 0 Å². The van der Waals surface area contributed by atoms with Gasteiger partial charge in [0.25, 0.3) is 5.91 Å². The Morgan fingerprint density at radius 1 is 1.39 bits per heavy atom. The zero-order chi connectivity index (χ0) is 13.7. The highest BCUT2D eigenvalue weighted by Crippen LogP contribution is 2.20. The summed E-state index contributed by atoms with van der Waals surface area (Å²) < 4.78 is 0. The summed E-state index contributed by atoms with van der Waals surface area (Å²) in [6, 6.07) is 4.45. The van der Waals surface area contributed by atoms with E-state index in [1.807, 2.05) is 13.8 Å². The molecule has 1 unspecified atom stereocenters. The number of halogens is 2. The maximum atomic E-state index is 12.0. The molecular formula is C13H17Cl2NO2. The van der Waals surface area contributed by atoms with Crippen molar-refractivity contribution in [2.75, 3.05) is 6.61 Å². The number of rotatable bonds is 5. The third-order valence-corrected chi connectivity index (χ3v) is 3.05. The van der Waals surface area contributed by atoms with Crippen LogP contribution in [-0.2, 0) is 0 Å². The lowest BCUT2D eigenvalue weighted by Crippen LogP contribution is -2.38. The van der Waals surface area contributed by atoms with Crippen molar-refractivity contribution in [1.29, 1.82) is 0 Å². The van der Waals surface area contributed by atoms with Crippen LogP contribution in [0.1, 0.15) is 30.6 Å². The SMILES string of the molecule is CC(C)CC(CO)NC(=O)c1cc(Cl)ccc1Cl. The van der Waals surface area contributed by atoms with Gasteiger partial charge in [0.05, 0.1) is 23.2 Å². The maximum Gasteiger partial charge on any atom is 0.253 e. The first-order chi connectivity index (χ1) is 8.43. The summed E-state index contributed by atoms with van der Waals surface area (Å²) in [5.41, 5.74) is 0.325. The standard InChI is InChI=1S/C13H17Cl2NO2/c1-8(2)5-10(7-17)16-13(18)11-6-9(14)3-4-12(11)15/h3-4,6,8,10,17H,5,7H2,1-2H3,(H,16,18). The predicted molar refractivity (Wildman–Crippen MR) is 74.3 cm³/mol. The number of nitrogens with one attached hydrogen (secondary N) is 1. The minimum atomic E-state index is -0.317. The Morgan fingerprint density at radius 3 is 2.61 bits per heavy atom. The quantitative estimate of drug-likeness (QED) is 0.875. The number of aliphatic hydroxyl groups excluding tert-OH is 1. The molecule has 0 saturated carbocycles. The van der Waals surface area contributed by atoms with Gasteiger partial charge in [-0.2, -0.15) is 0 Å². The van der Waals surface area contributed by atoms with E-state index in [4.69, 9.17) is 23.2 Å². The van der Waals surface area contributed by atoms with Crippen LogP contribution in [0.5, 0.6) is 0 Å². The minimum absolute atomic E-state index is 0.0951. The fourth-order valence-corrected chi connectivity index (χ4v) is 2.06. The molecule has 100 valence electrons. The third kappa shape index (κ3) is 4.48. The van der Waals surface area contributed by atoms with Crippen LogP contribution in [0.25, 0.3) is 0 Å². The first-order valence-corrected chi connectivity index (χ1v) is 6.56. The van der Waals surface area contributed by atoms with Crippen molar-refractivity contribution in [3.63, 3.8) is 0 Å². The van der Waals surface area contributed by atoms with E-state index in [0.717, 1.165) is 0 Å². The molecule has 0 spiro atoms. The van der Waals surface area contributed by atoms with Gasteiger partial charge in [-0.05, 0) is 30.5 Å². The van der Waals surface area contributed by atoms with Crippen molar-refractivity contribution in [3.8, 4) is 0 Å². The summed E-state index contributed by atoms with van der Waals surface area (Å²) >= 11 is 11.8. The number of carbonyl (C=O) groups is 1. The second-order valence-electron chi connectivity index (χ2n) is 4.61. The summed E-state index contributed by atoms with van der Waals surface area (Å²) in [7, 11) is 0. The Balaban J connectivity index is 2.77. The minimum Gasteiger partial charge on any atom is -0.394 e. The van der Waals surface area contributed by atoms with Crippen molar-refractivity contribution in [1.82, 2.24) is 5.32 Å². The zero-order valence-corrected chi connectivity index (χ0v) is 11.9. The lowest BCUT2D eigenvalue weighted by Gasteiger charge is -2.18. The van der Waals surface area contributed by atoms with E-state index in [1.54, 1.807) is 12.1 Å². The molecule has 1 amide bonds. The van der Waals surface area contributed by atoms with Gasteiger partial charge in [-0.1, -0.05) is 37.0 Å². The summed E-state index contributed by atoms with van der Waals surface area (Å²) in [5.74, 6) is 0.0690. The average molecular weight is 290 g/mol. The van der Waals surface area contributed by atoms with Crippen molar-refractivity contribution >= 4 is 29.1 Å². The van der Waals surface area contributed by atoms with Crippen LogP contribution >= 0.6 is 23.2 Å². The summed E-state index contributed by atoms with van der Waals surface area (Å²) in [6.07, 6.45) is 0.709. The third-order valence-electron chi connectivity index (χ3n) is 2.48. The smallest absolute Gasteiger partial charge is 0.253 e. The first kappa shape index (κ1) is 15.3. The molecule has 0 aromatic heterocycles. The Labute approximate surface area is 117 Å². The fourth-order valence-electron chi connectivity index (χ4n) is 1.68. The van der Waals surface area contributed by atoms with Gasteiger partial charge in [0.15, 0.2) is 0 Å². The molecule has 0 aliphatic rings. The zero-order valence-electron chi connectivity index (χ0n) is 10.4. The largest absolute Gasteiger partial charge is 0.394 e. The summed E-state index contributed by atoms with van der Waals surface area (Å²) in [4.78, 5) is 12.0. The lowest BCUT2D eigenvalue weighted by atomic mass is 10.0. The fraction of sp³-hybridized carbons (Fsp3) is 0.462. The van der Waals surface area contributed by atoms with Crippen molar-refractivity contribution in [2.45, 2.75) is 26.3 Å². The van der Waals surface area contributed by atoms with Crippen molar-refractivity contribution in [2.24, 2.45) is 5.92 Å². The van der Waals surface area contributed by atoms with E-state index in [-0.39, 0.29) is 18.6 Å². The molecule has 0 heterocycles. The molecule has 0 radical (unpaired) electrons. The van der Waals surface area contributed by atoms with Gasteiger partial charge in [-0.15, -0.1) is 0 Å². The highest BCUT2D eigenvalue weighted by Gasteiger charge is 2.16. The van der Waals surface area contributed by atoms with Crippen LogP contribution in [0.2, 0.25) is 10.0 Å². The van der Waals surface area contributed by atoms with Crippen LogP contribution in [0, 0.1) is 5.92 Å². The normalized spacial score (nSPS) is 12.6. The highest BCUT2D eigenvalue weighted by atomic mass is 35.5. The predicted octanol–water partition coefficient (Wildman–Crippen LogP) is 3.13. The molecule has 1 atom stereocenters. The van der Waals surface area contributed by atoms with E-state index in [2.05, 4.69) is 5.32 Å². The monoisotopic (exact) mass is 289 g/mol. The average Bonchev–Trinajstić information content (AvgIpc) is 2.30. The topological polar surface area (TPSA) is 49.3 Å². The van der Waals surface area contributed by atoms with Gasteiger partial charge in [-0.3, -0.25) is 4.79 Å². The molecule has 0 fully saturated rings. The number of benzene rings is 1. The number of hydrogen-bond acceptors (Lipinski definition) is 2. The van der Waals surface area contributed by atoms with E-state index in [9.17, 15) is 9.90 Å². The number of hydrogen-bond donors (Lipinski definition) is 2. The van der Waals surface area contributed by atoms with Crippen LogP contribution in [-0.4, -0.2) is 23.7 Å². The molecule has 0 saturated heterocycles. The molecule has 1 aromatic carbocycles. The van der Waals surface area contributed by atoms with Crippen molar-refractivity contribution in [3.05, 3.63) is 33.8 Å². The van der Waals surface area contributed by atoms with Gasteiger partial charge in [-0.25, -0.2) is 0 Å². The van der Waals surface area contributed by atoms with E-state index in [1.165, 1.54) is 6.07 Å². The molecule has 1 aromatic rings. The van der Waals surface area contributed by atoms with Crippen molar-refractivity contribution < 1.29 is 9.90 Å². The summed E-state index contributed by atoms with van der Waals surface area (Å²) in [6.45, 7) is 3.96. The molecular weight excluding hydrogens is 273 g/mol. The molecule has 1 rings (SSSR count). The van der Waals surface area contributed by atoms with Gasteiger partial charge in [0.2, 0.25) is 0 Å². The maximum absolute atomic E-state index is 12.0. The molecule has 5 heteroatoms. The Kier molecular flexibility index (Phi) is 5.93. The van der Waals surface area contributed by atoms with Crippen LogP contribution in [0.3, 0.4) is 0 Å². The van der Waals surface area contributed by atoms with Gasteiger partial charge < -0.3 is 10.4 Å². The van der Waals surface area contributed by atoms with Crippen LogP contribution in [0.4, 0.5) is 0 Å². The summed E-state index contributed by atoms with van der Waals surface area (Å²) in [5, 5.41) is 12.8. The molecule has 18 heavy (non-hydrogen) atoms. The highest BCUT2D eigenvalue weighted by molar-refractivity contribution is 6.35. The van der Waals surface area contributed by atoms with Crippen LogP contribution in [0.15, 0.2) is 18.2 Å². The number of carbonyl (C=O) groups excluding carboxylic acids is 1. The van der Waals surface area contributed by atoms with Gasteiger partial charge >= 0.3 is 0 Å². The number of aliphatic hydroxyl groups is 1. The molecule has 3 nitrogen and oxygen atoms in total. The Bertz CT molecular complexity index is 421. The van der Waals surface area contributed by atoms with Gasteiger partial charge in [0.1, 0.15) is 0 Å². The molecule has 0 aliphatic carbocycles. The number of amides is 1. The van der Waals surface area contributed by atoms with E-state index in [0.29, 0.717) is 27.9 Å². The lowest BCUT2D eigenvalue weighted by molar-refractivity contribution is 0.0908. The Hall–Kier alpha value is -0.770. The van der Waals surface area contributed by atoms with Crippen LogP contribution < -0.4 is 5.32 Å².